The Labute approximate surface area is 346 Å². The predicted molar refractivity (Wildman–Crippen MR) is 219 cm³/mol. The SMILES string of the molecule is COc1ccc([C@H]2c3c(OC)cc(OC)cc3C(OOc3ccc([C@H]4c5c(O)cc(O)cc5C5OC5[C@@H]4c4cc(O)cc(O)c4)cc3)[C@H]2c2cc(OC)cc(OC)c2)cc1. The standard InChI is InChI=1S/C48H44O12/c1-53-31-10-6-25(7-11-31)41-42(27-16-33(54-2)21-34(17-27)55-3)46(37-22-35(56-4)23-39(57-5)45(37)41)60-59-32-12-8-24(9-13-32)40-43(26-14-28(49)18-29(50)15-26)48-47(58-48)36-19-30(51)20-38(52)44(36)40/h6-23,40-43,46-52H,1-5H3/t40-,41-,42+,43-,46?,47?,48?/m1/s1. The van der Waals surface area contributed by atoms with Crippen molar-refractivity contribution in [1.29, 1.82) is 0 Å². The third-order valence-corrected chi connectivity index (χ3v) is 12.0. The molecule has 3 aliphatic rings. The average Bonchev–Trinajstić information content (AvgIpc) is 3.99. The fraction of sp³-hybridized carbons (Fsp3) is 0.250. The van der Waals surface area contributed by atoms with Crippen LogP contribution in [0.25, 0.3) is 0 Å². The van der Waals surface area contributed by atoms with E-state index in [2.05, 4.69) is 0 Å². The fourth-order valence-corrected chi connectivity index (χ4v) is 9.35. The third-order valence-electron chi connectivity index (χ3n) is 12.0. The molecule has 0 radical (unpaired) electrons. The van der Waals surface area contributed by atoms with Gasteiger partial charge in [0.2, 0.25) is 0 Å². The average molecular weight is 813 g/mol. The second-order valence-corrected chi connectivity index (χ2v) is 15.2. The van der Waals surface area contributed by atoms with Crippen LogP contribution in [0.4, 0.5) is 0 Å². The summed E-state index contributed by atoms with van der Waals surface area (Å²) in [6, 6.07) is 32.2. The van der Waals surface area contributed by atoms with Crippen LogP contribution in [-0.4, -0.2) is 62.1 Å². The lowest BCUT2D eigenvalue weighted by atomic mass is 9.69. The summed E-state index contributed by atoms with van der Waals surface area (Å²) < 4.78 is 34.9. The molecule has 6 aromatic rings. The lowest BCUT2D eigenvalue weighted by molar-refractivity contribution is -0.252. The highest BCUT2D eigenvalue weighted by Gasteiger charge is 2.56. The summed E-state index contributed by atoms with van der Waals surface area (Å²) in [5, 5.41) is 42.7. The Kier molecular flexibility index (Phi) is 9.97. The second kappa shape index (κ2) is 15.4. The zero-order valence-electron chi connectivity index (χ0n) is 33.5. The zero-order valence-corrected chi connectivity index (χ0v) is 33.5. The van der Waals surface area contributed by atoms with Gasteiger partial charge in [-0.25, -0.2) is 0 Å². The molecular formula is C48H44O12. The van der Waals surface area contributed by atoms with Gasteiger partial charge in [0.05, 0.1) is 41.7 Å². The van der Waals surface area contributed by atoms with Gasteiger partial charge in [-0.05, 0) is 94.0 Å². The van der Waals surface area contributed by atoms with Crippen molar-refractivity contribution >= 4 is 0 Å². The van der Waals surface area contributed by atoms with E-state index in [9.17, 15) is 20.4 Å². The van der Waals surface area contributed by atoms with Crippen molar-refractivity contribution in [2.45, 2.75) is 42.0 Å². The normalized spacial score (nSPS) is 22.2. The van der Waals surface area contributed by atoms with Gasteiger partial charge < -0.3 is 53.7 Å². The maximum absolute atomic E-state index is 11.3. The molecule has 9 rings (SSSR count). The largest absolute Gasteiger partial charge is 0.508 e. The van der Waals surface area contributed by atoms with Crippen LogP contribution in [0.3, 0.4) is 0 Å². The van der Waals surface area contributed by atoms with Gasteiger partial charge in [-0.2, -0.15) is 4.89 Å². The molecule has 60 heavy (non-hydrogen) atoms. The monoisotopic (exact) mass is 812 g/mol. The van der Waals surface area contributed by atoms with Crippen molar-refractivity contribution in [1.82, 2.24) is 0 Å². The van der Waals surface area contributed by atoms with Crippen LogP contribution < -0.4 is 28.6 Å². The van der Waals surface area contributed by atoms with E-state index in [0.29, 0.717) is 45.4 Å². The van der Waals surface area contributed by atoms with Crippen molar-refractivity contribution in [2.24, 2.45) is 0 Å². The van der Waals surface area contributed by atoms with Crippen molar-refractivity contribution in [3.8, 4) is 57.5 Å². The second-order valence-electron chi connectivity index (χ2n) is 15.2. The van der Waals surface area contributed by atoms with Crippen LogP contribution in [-0.2, 0) is 9.62 Å². The zero-order chi connectivity index (χ0) is 41.8. The molecule has 0 aromatic heterocycles. The van der Waals surface area contributed by atoms with E-state index in [0.717, 1.165) is 33.6 Å². The molecule has 7 atom stereocenters. The molecule has 0 saturated carbocycles. The lowest BCUT2D eigenvalue weighted by Crippen LogP contribution is -2.23. The Balaban J connectivity index is 1.11. The summed E-state index contributed by atoms with van der Waals surface area (Å²) in [4.78, 5) is 12.8. The topological polar surface area (TPSA) is 158 Å². The van der Waals surface area contributed by atoms with Gasteiger partial charge in [-0.15, -0.1) is 0 Å². The van der Waals surface area contributed by atoms with E-state index in [4.69, 9.17) is 38.2 Å². The molecule has 3 unspecified atom stereocenters. The molecular weight excluding hydrogens is 769 g/mol. The molecule has 0 spiro atoms. The first-order valence-electron chi connectivity index (χ1n) is 19.4. The number of phenols is 4. The van der Waals surface area contributed by atoms with Crippen LogP contribution in [0.5, 0.6) is 57.5 Å². The van der Waals surface area contributed by atoms with Gasteiger partial charge >= 0.3 is 0 Å². The third kappa shape index (κ3) is 6.77. The van der Waals surface area contributed by atoms with E-state index in [1.165, 1.54) is 12.1 Å². The number of aromatic hydroxyl groups is 4. The summed E-state index contributed by atoms with van der Waals surface area (Å²) in [5.74, 6) is 1.66. The van der Waals surface area contributed by atoms with E-state index >= 15 is 0 Å². The number of fused-ring (bicyclic) bond motifs is 4. The highest BCUT2D eigenvalue weighted by molar-refractivity contribution is 5.61. The summed E-state index contributed by atoms with van der Waals surface area (Å²) in [5.41, 5.74) is 6.30. The molecule has 1 saturated heterocycles. The molecule has 1 aliphatic heterocycles. The Morgan fingerprint density at radius 1 is 0.450 bits per heavy atom. The van der Waals surface area contributed by atoms with Crippen LogP contribution in [0, 0.1) is 0 Å². The quantitative estimate of drug-likeness (QED) is 0.0529. The lowest BCUT2D eigenvalue weighted by Gasteiger charge is -2.33. The smallest absolute Gasteiger partial charge is 0.165 e. The van der Waals surface area contributed by atoms with Crippen molar-refractivity contribution in [3.63, 3.8) is 0 Å². The van der Waals surface area contributed by atoms with Gasteiger partial charge in [0, 0.05) is 59.1 Å². The fourth-order valence-electron chi connectivity index (χ4n) is 9.35. The first kappa shape index (κ1) is 38.7. The molecule has 308 valence electrons. The van der Waals surface area contributed by atoms with Gasteiger partial charge in [-0.1, -0.05) is 24.3 Å². The number of ether oxygens (including phenoxy) is 6. The minimum atomic E-state index is -0.700. The van der Waals surface area contributed by atoms with Gasteiger partial charge in [0.1, 0.15) is 64.0 Å². The minimum absolute atomic E-state index is 0.0720. The van der Waals surface area contributed by atoms with Gasteiger partial charge in [-0.3, -0.25) is 0 Å². The Morgan fingerprint density at radius 3 is 1.60 bits per heavy atom. The van der Waals surface area contributed by atoms with E-state index < -0.39 is 17.9 Å². The van der Waals surface area contributed by atoms with Crippen molar-refractivity contribution < 1.29 is 58.6 Å². The molecule has 2 aliphatic carbocycles. The summed E-state index contributed by atoms with van der Waals surface area (Å²) in [6.45, 7) is 0. The molecule has 12 heteroatoms. The Morgan fingerprint density at radius 2 is 1.00 bits per heavy atom. The maximum atomic E-state index is 11.3. The van der Waals surface area contributed by atoms with Crippen molar-refractivity contribution in [2.75, 3.05) is 35.5 Å². The molecule has 0 amide bonds. The predicted octanol–water partition coefficient (Wildman–Crippen LogP) is 8.90. The Hall–Kier alpha value is -6.76. The number of hydrogen-bond donors (Lipinski definition) is 4. The number of rotatable bonds is 12. The molecule has 1 heterocycles. The number of phenolic OH excluding ortho intramolecular Hbond substituents is 4. The highest BCUT2D eigenvalue weighted by Crippen LogP contribution is 2.63. The van der Waals surface area contributed by atoms with Gasteiger partial charge in [0.15, 0.2) is 5.75 Å². The van der Waals surface area contributed by atoms with Crippen molar-refractivity contribution in [3.05, 3.63) is 154 Å². The minimum Gasteiger partial charge on any atom is -0.508 e. The van der Waals surface area contributed by atoms with Gasteiger partial charge in [0.25, 0.3) is 0 Å². The number of epoxide rings is 1. The first-order chi connectivity index (χ1) is 29.1. The molecule has 12 nitrogen and oxygen atoms in total. The van der Waals surface area contributed by atoms with E-state index in [-0.39, 0.29) is 47.0 Å². The molecule has 6 aromatic carbocycles. The first-order valence-corrected chi connectivity index (χ1v) is 19.4. The molecule has 4 N–H and O–H groups in total. The number of hydrogen-bond acceptors (Lipinski definition) is 12. The number of methoxy groups -OCH3 is 5. The summed E-state index contributed by atoms with van der Waals surface area (Å²) in [7, 11) is 8.09. The Bertz CT molecular complexity index is 2510. The van der Waals surface area contributed by atoms with Crippen LogP contribution >= 0.6 is 0 Å². The summed E-state index contributed by atoms with van der Waals surface area (Å²) in [6.07, 6.45) is -1.40. The molecule has 1 fully saturated rings. The van der Waals surface area contributed by atoms with Crippen LogP contribution in [0.15, 0.2) is 109 Å². The number of benzene rings is 6. The highest BCUT2D eigenvalue weighted by atomic mass is 17.2. The maximum Gasteiger partial charge on any atom is 0.165 e. The summed E-state index contributed by atoms with van der Waals surface area (Å²) >= 11 is 0. The van der Waals surface area contributed by atoms with E-state index in [1.807, 2.05) is 66.7 Å². The van der Waals surface area contributed by atoms with Crippen LogP contribution in [0.1, 0.15) is 80.4 Å². The van der Waals surface area contributed by atoms with E-state index in [1.54, 1.807) is 65.9 Å². The molecule has 0 bridgehead atoms. The van der Waals surface area contributed by atoms with Crippen LogP contribution in [0.2, 0.25) is 0 Å².